The predicted molar refractivity (Wildman–Crippen MR) is 84.8 cm³/mol. The molecule has 0 bridgehead atoms. The fourth-order valence-corrected chi connectivity index (χ4v) is 2.19. The van der Waals surface area contributed by atoms with Gasteiger partial charge in [0, 0.05) is 19.5 Å². The minimum Gasteiger partial charge on any atom is -0.354 e. The molecule has 1 aromatic carbocycles. The number of rotatable bonds is 7. The summed E-state index contributed by atoms with van der Waals surface area (Å²) in [5, 5.41) is 2.86. The lowest BCUT2D eigenvalue weighted by molar-refractivity contribution is -0.140. The van der Waals surface area contributed by atoms with E-state index in [-0.39, 0.29) is 11.8 Å². The minimum atomic E-state index is -0.454. The van der Waals surface area contributed by atoms with Gasteiger partial charge in [0.15, 0.2) is 0 Å². The van der Waals surface area contributed by atoms with Gasteiger partial charge in [-0.3, -0.25) is 9.59 Å². The van der Waals surface area contributed by atoms with Gasteiger partial charge in [-0.05, 0) is 25.8 Å². The van der Waals surface area contributed by atoms with Gasteiger partial charge in [0.1, 0.15) is 6.04 Å². The lowest BCUT2D eigenvalue weighted by atomic mass is 10.1. The number of nitrogens with zero attached hydrogens (tertiary/aromatic N) is 1. The second kappa shape index (κ2) is 8.45. The molecule has 2 amide bonds. The highest BCUT2D eigenvalue weighted by atomic mass is 16.2. The number of aryl methyl sites for hydroxylation is 1. The molecule has 0 saturated heterocycles. The van der Waals surface area contributed by atoms with Crippen LogP contribution in [0.5, 0.6) is 0 Å². The predicted octanol–water partition coefficient (Wildman–Crippen LogP) is 2.65. The first kappa shape index (κ1) is 17.2. The third-order valence-electron chi connectivity index (χ3n) is 3.45. The number of hydrogen-bond acceptors (Lipinski definition) is 2. The van der Waals surface area contributed by atoms with Crippen LogP contribution in [0.3, 0.4) is 0 Å². The fraction of sp³-hybridized carbons (Fsp3) is 0.529. The molecule has 1 aromatic rings. The highest BCUT2D eigenvalue weighted by Crippen LogP contribution is 2.12. The number of benzene rings is 1. The highest BCUT2D eigenvalue weighted by Gasteiger charge is 2.24. The van der Waals surface area contributed by atoms with Crippen LogP contribution in [0.15, 0.2) is 24.3 Å². The standard InChI is InChI=1S/C17H26N2O2/c1-5-10-18-17(21)14(4)19(16(20)6-2)12-15-9-7-8-13(3)11-15/h7-9,11,14H,5-6,10,12H2,1-4H3,(H,18,21)/t14-/m1/s1. The third kappa shape index (κ3) is 5.21. The molecule has 1 rings (SSSR count). The zero-order valence-corrected chi connectivity index (χ0v) is 13.5. The Morgan fingerprint density at radius 3 is 2.57 bits per heavy atom. The van der Waals surface area contributed by atoms with Gasteiger partial charge < -0.3 is 10.2 Å². The van der Waals surface area contributed by atoms with E-state index in [1.807, 2.05) is 45.0 Å². The first-order chi connectivity index (χ1) is 9.99. The Morgan fingerprint density at radius 2 is 2.00 bits per heavy atom. The maximum Gasteiger partial charge on any atom is 0.242 e. The number of hydrogen-bond donors (Lipinski definition) is 1. The summed E-state index contributed by atoms with van der Waals surface area (Å²) >= 11 is 0. The van der Waals surface area contributed by atoms with Crippen LogP contribution < -0.4 is 5.32 Å². The number of carbonyl (C=O) groups excluding carboxylic acids is 2. The minimum absolute atomic E-state index is 0.00402. The highest BCUT2D eigenvalue weighted by molar-refractivity contribution is 5.87. The van der Waals surface area contributed by atoms with Gasteiger partial charge in [-0.25, -0.2) is 0 Å². The zero-order valence-electron chi connectivity index (χ0n) is 13.5. The van der Waals surface area contributed by atoms with Crippen molar-refractivity contribution >= 4 is 11.8 Å². The van der Waals surface area contributed by atoms with Crippen LogP contribution in [-0.4, -0.2) is 29.3 Å². The number of amides is 2. The molecule has 0 radical (unpaired) electrons. The Labute approximate surface area is 127 Å². The second-order valence-corrected chi connectivity index (χ2v) is 5.33. The molecular weight excluding hydrogens is 264 g/mol. The molecule has 0 saturated carbocycles. The Kier molecular flexibility index (Phi) is 6.92. The summed E-state index contributed by atoms with van der Waals surface area (Å²) in [4.78, 5) is 25.9. The average Bonchev–Trinajstić information content (AvgIpc) is 2.48. The molecule has 21 heavy (non-hydrogen) atoms. The first-order valence-corrected chi connectivity index (χ1v) is 7.62. The van der Waals surface area contributed by atoms with E-state index in [1.54, 1.807) is 11.8 Å². The molecule has 4 nitrogen and oxygen atoms in total. The second-order valence-electron chi connectivity index (χ2n) is 5.33. The van der Waals surface area contributed by atoms with Gasteiger partial charge in [0.2, 0.25) is 11.8 Å². The SMILES string of the molecule is CCCNC(=O)[C@@H](C)N(Cc1cccc(C)c1)C(=O)CC. The summed E-state index contributed by atoms with van der Waals surface area (Å²) in [7, 11) is 0. The molecule has 0 spiro atoms. The van der Waals surface area contributed by atoms with Gasteiger partial charge in [-0.1, -0.05) is 43.7 Å². The Bertz CT molecular complexity index is 485. The summed E-state index contributed by atoms with van der Waals surface area (Å²) in [5.74, 6) is -0.0954. The summed E-state index contributed by atoms with van der Waals surface area (Å²) < 4.78 is 0. The molecule has 1 atom stereocenters. The van der Waals surface area contributed by atoms with E-state index in [0.29, 0.717) is 19.5 Å². The molecule has 0 fully saturated rings. The van der Waals surface area contributed by atoms with Crippen LogP contribution in [0.4, 0.5) is 0 Å². The normalized spacial score (nSPS) is 11.8. The molecule has 4 heteroatoms. The van der Waals surface area contributed by atoms with E-state index in [2.05, 4.69) is 5.32 Å². The Hall–Kier alpha value is -1.84. The van der Waals surface area contributed by atoms with Crippen LogP contribution in [-0.2, 0) is 16.1 Å². The van der Waals surface area contributed by atoms with Crippen molar-refractivity contribution < 1.29 is 9.59 Å². The third-order valence-corrected chi connectivity index (χ3v) is 3.45. The van der Waals surface area contributed by atoms with Crippen molar-refractivity contribution in [1.29, 1.82) is 0 Å². The van der Waals surface area contributed by atoms with Crippen LogP contribution in [0.25, 0.3) is 0 Å². The van der Waals surface area contributed by atoms with Crippen molar-refractivity contribution in [2.45, 2.75) is 53.1 Å². The van der Waals surface area contributed by atoms with Crippen molar-refractivity contribution in [3.8, 4) is 0 Å². The largest absolute Gasteiger partial charge is 0.354 e. The summed E-state index contributed by atoms with van der Waals surface area (Å²) in [5.41, 5.74) is 2.20. The molecular formula is C17H26N2O2. The van der Waals surface area contributed by atoms with E-state index in [9.17, 15) is 9.59 Å². The Morgan fingerprint density at radius 1 is 1.29 bits per heavy atom. The average molecular weight is 290 g/mol. The molecule has 0 aromatic heterocycles. The zero-order chi connectivity index (χ0) is 15.8. The van der Waals surface area contributed by atoms with Crippen molar-refractivity contribution in [2.24, 2.45) is 0 Å². The molecule has 0 aliphatic rings. The van der Waals surface area contributed by atoms with Crippen molar-refractivity contribution in [3.63, 3.8) is 0 Å². The van der Waals surface area contributed by atoms with Crippen molar-refractivity contribution in [1.82, 2.24) is 10.2 Å². The van der Waals surface area contributed by atoms with Gasteiger partial charge in [0.25, 0.3) is 0 Å². The first-order valence-electron chi connectivity index (χ1n) is 7.62. The van der Waals surface area contributed by atoms with E-state index >= 15 is 0 Å². The van der Waals surface area contributed by atoms with E-state index in [4.69, 9.17) is 0 Å². The van der Waals surface area contributed by atoms with Crippen LogP contribution >= 0.6 is 0 Å². The molecule has 0 aliphatic carbocycles. The maximum atomic E-state index is 12.2. The van der Waals surface area contributed by atoms with Gasteiger partial charge in [0.05, 0.1) is 0 Å². The monoisotopic (exact) mass is 290 g/mol. The molecule has 0 unspecified atom stereocenters. The van der Waals surface area contributed by atoms with E-state index < -0.39 is 6.04 Å². The smallest absolute Gasteiger partial charge is 0.242 e. The quantitative estimate of drug-likeness (QED) is 0.839. The summed E-state index contributed by atoms with van der Waals surface area (Å²) in [6.45, 7) is 8.74. The lowest BCUT2D eigenvalue weighted by Crippen LogP contribution is -2.47. The van der Waals surface area contributed by atoms with Crippen molar-refractivity contribution in [2.75, 3.05) is 6.54 Å². The van der Waals surface area contributed by atoms with Crippen LogP contribution in [0.1, 0.15) is 44.7 Å². The van der Waals surface area contributed by atoms with Crippen LogP contribution in [0, 0.1) is 6.92 Å². The van der Waals surface area contributed by atoms with Crippen LogP contribution in [0.2, 0.25) is 0 Å². The summed E-state index contributed by atoms with van der Waals surface area (Å²) in [6.07, 6.45) is 1.29. The maximum absolute atomic E-state index is 12.2. The molecule has 1 N–H and O–H groups in total. The topological polar surface area (TPSA) is 49.4 Å². The van der Waals surface area contributed by atoms with Gasteiger partial charge in [-0.15, -0.1) is 0 Å². The molecule has 0 aliphatic heterocycles. The van der Waals surface area contributed by atoms with Crippen molar-refractivity contribution in [3.05, 3.63) is 35.4 Å². The summed E-state index contributed by atoms with van der Waals surface area (Å²) in [6, 6.07) is 7.57. The van der Waals surface area contributed by atoms with E-state index in [0.717, 1.165) is 17.5 Å². The lowest BCUT2D eigenvalue weighted by Gasteiger charge is -2.28. The number of nitrogens with one attached hydrogen (secondary N) is 1. The number of carbonyl (C=O) groups is 2. The van der Waals surface area contributed by atoms with Gasteiger partial charge >= 0.3 is 0 Å². The van der Waals surface area contributed by atoms with E-state index in [1.165, 1.54) is 0 Å². The van der Waals surface area contributed by atoms with Gasteiger partial charge in [-0.2, -0.15) is 0 Å². The Balaban J connectivity index is 2.85. The molecule has 0 heterocycles. The molecule has 116 valence electrons. The fourth-order valence-electron chi connectivity index (χ4n) is 2.19.